The Balaban J connectivity index is 2.16. The first-order valence-electron chi connectivity index (χ1n) is 5.38. The maximum atomic E-state index is 5.62. The van der Waals surface area contributed by atoms with Crippen molar-refractivity contribution < 1.29 is 4.42 Å². The smallest absolute Gasteiger partial charge is 0.108 e. The lowest BCUT2D eigenvalue weighted by Gasteiger charge is -2.14. The van der Waals surface area contributed by atoms with Gasteiger partial charge >= 0.3 is 0 Å². The molecule has 16 heavy (non-hydrogen) atoms. The summed E-state index contributed by atoms with van der Waals surface area (Å²) < 4.78 is 5.42. The number of hydrogen-bond donors (Lipinski definition) is 2. The van der Waals surface area contributed by atoms with Gasteiger partial charge in [0.2, 0.25) is 0 Å². The number of rotatable bonds is 5. The average Bonchev–Trinajstić information content (AvgIpc) is 2.96. The molecule has 4 heteroatoms. The van der Waals surface area contributed by atoms with Crippen LogP contribution in [0.3, 0.4) is 0 Å². The lowest BCUT2D eigenvalue weighted by atomic mass is 10.0. The highest BCUT2D eigenvalue weighted by molar-refractivity contribution is 7.07. The first-order chi connectivity index (χ1) is 7.85. The zero-order chi connectivity index (χ0) is 11.4. The second kappa shape index (κ2) is 5.30. The van der Waals surface area contributed by atoms with Crippen LogP contribution in [0.4, 0.5) is 0 Å². The standard InChI is InChI=1S/C12H16N2OS/c1-2-12-10(3-5-15-12)11(14-13)7-9-4-6-16-8-9/h3-6,8,11,14H,2,7,13H2,1H3. The third-order valence-electron chi connectivity index (χ3n) is 2.70. The van der Waals surface area contributed by atoms with E-state index in [4.69, 9.17) is 10.3 Å². The van der Waals surface area contributed by atoms with E-state index in [9.17, 15) is 0 Å². The fourth-order valence-electron chi connectivity index (χ4n) is 1.85. The van der Waals surface area contributed by atoms with Gasteiger partial charge in [0.15, 0.2) is 0 Å². The van der Waals surface area contributed by atoms with Crippen molar-refractivity contribution in [2.45, 2.75) is 25.8 Å². The van der Waals surface area contributed by atoms with Crippen LogP contribution in [0.2, 0.25) is 0 Å². The molecule has 0 aliphatic carbocycles. The minimum Gasteiger partial charge on any atom is -0.469 e. The number of aryl methyl sites for hydroxylation is 1. The molecule has 0 spiro atoms. The second-order valence-electron chi connectivity index (χ2n) is 3.71. The summed E-state index contributed by atoms with van der Waals surface area (Å²) in [7, 11) is 0. The van der Waals surface area contributed by atoms with Crippen LogP contribution in [0.5, 0.6) is 0 Å². The third kappa shape index (κ3) is 2.35. The molecule has 3 N–H and O–H groups in total. The summed E-state index contributed by atoms with van der Waals surface area (Å²) in [5.74, 6) is 6.63. The second-order valence-corrected chi connectivity index (χ2v) is 4.49. The number of hydrogen-bond acceptors (Lipinski definition) is 4. The van der Waals surface area contributed by atoms with Crippen LogP contribution >= 0.6 is 11.3 Å². The predicted octanol–water partition coefficient (Wildman–Crippen LogP) is 2.65. The van der Waals surface area contributed by atoms with Gasteiger partial charge in [-0.2, -0.15) is 11.3 Å². The van der Waals surface area contributed by atoms with Crippen LogP contribution in [0.15, 0.2) is 33.6 Å². The number of hydrazine groups is 1. The van der Waals surface area contributed by atoms with E-state index in [-0.39, 0.29) is 6.04 Å². The van der Waals surface area contributed by atoms with E-state index in [1.165, 1.54) is 5.56 Å². The number of nitrogens with two attached hydrogens (primary N) is 1. The van der Waals surface area contributed by atoms with Crippen molar-refractivity contribution in [2.75, 3.05) is 0 Å². The molecule has 3 nitrogen and oxygen atoms in total. The molecule has 2 aromatic rings. The fourth-order valence-corrected chi connectivity index (χ4v) is 2.53. The molecule has 0 amide bonds. The first kappa shape index (κ1) is 11.4. The van der Waals surface area contributed by atoms with E-state index in [1.54, 1.807) is 17.6 Å². The summed E-state index contributed by atoms with van der Waals surface area (Å²) in [6.45, 7) is 2.08. The molecule has 0 fully saturated rings. The molecule has 0 aliphatic heterocycles. The average molecular weight is 236 g/mol. The van der Waals surface area contributed by atoms with Crippen LogP contribution in [-0.4, -0.2) is 0 Å². The summed E-state index contributed by atoms with van der Waals surface area (Å²) >= 11 is 1.71. The van der Waals surface area contributed by atoms with Gasteiger partial charge < -0.3 is 4.42 Å². The summed E-state index contributed by atoms with van der Waals surface area (Å²) in [5.41, 5.74) is 5.33. The van der Waals surface area contributed by atoms with E-state index >= 15 is 0 Å². The molecule has 2 rings (SSSR count). The van der Waals surface area contributed by atoms with Crippen LogP contribution in [-0.2, 0) is 12.8 Å². The Hall–Kier alpha value is -1.10. The van der Waals surface area contributed by atoms with Crippen molar-refractivity contribution in [3.63, 3.8) is 0 Å². The molecule has 1 unspecified atom stereocenters. The van der Waals surface area contributed by atoms with Crippen molar-refractivity contribution in [1.29, 1.82) is 0 Å². The lowest BCUT2D eigenvalue weighted by Crippen LogP contribution is -2.29. The maximum absolute atomic E-state index is 5.62. The quantitative estimate of drug-likeness (QED) is 0.620. The van der Waals surface area contributed by atoms with Crippen molar-refractivity contribution in [3.8, 4) is 0 Å². The van der Waals surface area contributed by atoms with E-state index in [1.807, 2.05) is 6.07 Å². The van der Waals surface area contributed by atoms with Gasteiger partial charge in [0.25, 0.3) is 0 Å². The Morgan fingerprint density at radius 2 is 2.38 bits per heavy atom. The molecular weight excluding hydrogens is 220 g/mol. The normalized spacial score (nSPS) is 12.9. The van der Waals surface area contributed by atoms with E-state index in [2.05, 4.69) is 29.2 Å². The molecular formula is C12H16N2OS. The van der Waals surface area contributed by atoms with Crippen molar-refractivity contribution in [2.24, 2.45) is 5.84 Å². The van der Waals surface area contributed by atoms with Crippen LogP contribution in [0, 0.1) is 0 Å². The van der Waals surface area contributed by atoms with Crippen molar-refractivity contribution >= 4 is 11.3 Å². The fraction of sp³-hybridized carbons (Fsp3) is 0.333. The Kier molecular flexibility index (Phi) is 3.77. The highest BCUT2D eigenvalue weighted by Crippen LogP contribution is 2.23. The monoisotopic (exact) mass is 236 g/mol. The number of nitrogens with one attached hydrogen (secondary N) is 1. The highest BCUT2D eigenvalue weighted by atomic mass is 32.1. The van der Waals surface area contributed by atoms with E-state index in [0.717, 1.165) is 24.2 Å². The summed E-state index contributed by atoms with van der Waals surface area (Å²) in [4.78, 5) is 0. The molecule has 86 valence electrons. The minimum absolute atomic E-state index is 0.128. The Morgan fingerprint density at radius 3 is 3.00 bits per heavy atom. The van der Waals surface area contributed by atoms with E-state index in [0.29, 0.717) is 0 Å². The molecule has 0 bridgehead atoms. The van der Waals surface area contributed by atoms with Gasteiger partial charge in [-0.15, -0.1) is 0 Å². The van der Waals surface area contributed by atoms with Gasteiger partial charge in [-0.1, -0.05) is 6.92 Å². The highest BCUT2D eigenvalue weighted by Gasteiger charge is 2.16. The number of furan rings is 1. The summed E-state index contributed by atoms with van der Waals surface area (Å²) in [6, 6.07) is 4.25. The lowest BCUT2D eigenvalue weighted by molar-refractivity contribution is 0.487. The molecule has 0 saturated heterocycles. The van der Waals surface area contributed by atoms with Gasteiger partial charge in [-0.05, 0) is 34.9 Å². The third-order valence-corrected chi connectivity index (χ3v) is 3.43. The van der Waals surface area contributed by atoms with Crippen molar-refractivity contribution in [1.82, 2.24) is 5.43 Å². The SMILES string of the molecule is CCc1occc1C(Cc1ccsc1)NN. The van der Waals surface area contributed by atoms with Gasteiger partial charge in [0.05, 0.1) is 12.3 Å². The van der Waals surface area contributed by atoms with Gasteiger partial charge in [0.1, 0.15) is 5.76 Å². The largest absolute Gasteiger partial charge is 0.469 e. The predicted molar refractivity (Wildman–Crippen MR) is 66.2 cm³/mol. The van der Waals surface area contributed by atoms with Gasteiger partial charge in [-0.3, -0.25) is 11.3 Å². The molecule has 0 saturated carbocycles. The van der Waals surface area contributed by atoms with Gasteiger partial charge in [-0.25, -0.2) is 0 Å². The summed E-state index contributed by atoms with van der Waals surface area (Å²) in [5, 5.41) is 4.23. The zero-order valence-electron chi connectivity index (χ0n) is 9.27. The van der Waals surface area contributed by atoms with Crippen LogP contribution in [0.25, 0.3) is 0 Å². The Morgan fingerprint density at radius 1 is 1.50 bits per heavy atom. The molecule has 0 radical (unpaired) electrons. The van der Waals surface area contributed by atoms with Crippen LogP contribution in [0.1, 0.15) is 29.9 Å². The molecule has 2 aromatic heterocycles. The Bertz CT molecular complexity index is 422. The topological polar surface area (TPSA) is 51.2 Å². The summed E-state index contributed by atoms with van der Waals surface area (Å²) in [6.07, 6.45) is 3.52. The number of thiophene rings is 1. The molecule has 2 heterocycles. The molecule has 0 aromatic carbocycles. The minimum atomic E-state index is 0.128. The van der Waals surface area contributed by atoms with E-state index < -0.39 is 0 Å². The maximum Gasteiger partial charge on any atom is 0.108 e. The van der Waals surface area contributed by atoms with Gasteiger partial charge in [0, 0.05) is 12.0 Å². The van der Waals surface area contributed by atoms with Crippen LogP contribution < -0.4 is 11.3 Å². The zero-order valence-corrected chi connectivity index (χ0v) is 10.1. The molecule has 1 atom stereocenters. The molecule has 0 aliphatic rings. The Labute approximate surface area is 99.2 Å². The van der Waals surface area contributed by atoms with Crippen molar-refractivity contribution in [3.05, 3.63) is 46.0 Å². The first-order valence-corrected chi connectivity index (χ1v) is 6.33.